The summed E-state index contributed by atoms with van der Waals surface area (Å²) in [5.74, 6) is 0. The number of hydrogen-bond donors (Lipinski definition) is 0. The second-order valence-corrected chi connectivity index (χ2v) is 2.87. The molecule has 0 atom stereocenters. The molecule has 0 aliphatic rings. The molecule has 0 saturated heterocycles. The number of alkyl halides is 3. The van der Waals surface area contributed by atoms with Gasteiger partial charge in [0, 0.05) is 11.3 Å². The predicted molar refractivity (Wildman–Crippen MR) is 46.4 cm³/mol. The molecule has 0 aromatic heterocycles. The number of nitro groups is 1. The quantitative estimate of drug-likeness (QED) is 0.578. The highest BCUT2D eigenvalue weighted by Crippen LogP contribution is 2.29. The number of nitrogens with zero attached hydrogens (tertiary/aromatic N) is 1. The van der Waals surface area contributed by atoms with Gasteiger partial charge in [-0.05, 0) is 11.6 Å². The van der Waals surface area contributed by atoms with Crippen molar-refractivity contribution >= 4 is 0 Å². The van der Waals surface area contributed by atoms with Crippen molar-refractivity contribution in [3.05, 3.63) is 52.1 Å². The SMILES string of the molecule is O=[N+]([O-])[CH]Cc1cccc(C(F)(F)F)c1. The molecule has 0 aliphatic heterocycles. The average molecular weight is 218 g/mol. The highest BCUT2D eigenvalue weighted by Gasteiger charge is 2.30. The summed E-state index contributed by atoms with van der Waals surface area (Å²) in [5.41, 5.74) is -0.529. The summed E-state index contributed by atoms with van der Waals surface area (Å²) in [6.45, 7) is 0.718. The van der Waals surface area contributed by atoms with Crippen LogP contribution in [0.5, 0.6) is 0 Å². The van der Waals surface area contributed by atoms with Crippen molar-refractivity contribution in [2.75, 3.05) is 0 Å². The number of hydrogen-bond acceptors (Lipinski definition) is 2. The third kappa shape index (κ3) is 3.57. The number of rotatable bonds is 3. The Balaban J connectivity index is 2.79. The molecule has 0 aliphatic carbocycles. The first-order valence-electron chi connectivity index (χ1n) is 4.02. The lowest BCUT2D eigenvalue weighted by atomic mass is 10.1. The van der Waals surface area contributed by atoms with Crippen molar-refractivity contribution in [3.8, 4) is 0 Å². The van der Waals surface area contributed by atoms with Crippen LogP contribution in [0, 0.1) is 16.7 Å². The van der Waals surface area contributed by atoms with Gasteiger partial charge < -0.3 is 0 Å². The maximum atomic E-state index is 12.2. The maximum absolute atomic E-state index is 12.2. The molecule has 0 bridgehead atoms. The molecule has 81 valence electrons. The van der Waals surface area contributed by atoms with E-state index in [0.717, 1.165) is 18.7 Å². The molecule has 0 N–H and O–H groups in total. The highest BCUT2D eigenvalue weighted by atomic mass is 19.4. The lowest BCUT2D eigenvalue weighted by Crippen LogP contribution is -2.06. The van der Waals surface area contributed by atoms with E-state index in [9.17, 15) is 23.3 Å². The summed E-state index contributed by atoms with van der Waals surface area (Å²) in [6, 6.07) is 4.47. The minimum absolute atomic E-state index is 0.114. The van der Waals surface area contributed by atoms with Crippen molar-refractivity contribution in [2.24, 2.45) is 0 Å². The largest absolute Gasteiger partial charge is 0.416 e. The first-order chi connectivity index (χ1) is 6.89. The Kier molecular flexibility index (Phi) is 3.28. The summed E-state index contributed by atoms with van der Waals surface area (Å²) in [6.07, 6.45) is -4.53. The van der Waals surface area contributed by atoms with E-state index in [1.165, 1.54) is 12.1 Å². The molecule has 15 heavy (non-hydrogen) atoms. The molecular formula is C9H7F3NO2. The van der Waals surface area contributed by atoms with Crippen LogP contribution in [0.2, 0.25) is 0 Å². The van der Waals surface area contributed by atoms with Crippen LogP contribution in [0.4, 0.5) is 13.2 Å². The number of halogens is 3. The molecule has 3 nitrogen and oxygen atoms in total. The van der Waals surface area contributed by atoms with Crippen molar-refractivity contribution in [1.82, 2.24) is 0 Å². The summed E-state index contributed by atoms with van der Waals surface area (Å²) in [7, 11) is 0. The van der Waals surface area contributed by atoms with Crippen LogP contribution in [0.3, 0.4) is 0 Å². The highest BCUT2D eigenvalue weighted by molar-refractivity contribution is 5.26. The zero-order valence-electron chi connectivity index (χ0n) is 7.49. The van der Waals surface area contributed by atoms with Crippen molar-refractivity contribution < 1.29 is 18.1 Å². The van der Waals surface area contributed by atoms with Gasteiger partial charge in [-0.15, -0.1) is 0 Å². The lowest BCUT2D eigenvalue weighted by molar-refractivity contribution is -0.436. The molecule has 6 heteroatoms. The molecule has 1 radical (unpaired) electrons. The fraction of sp³-hybridized carbons (Fsp3) is 0.222. The molecule has 1 aromatic carbocycles. The molecule has 0 unspecified atom stereocenters. The van der Waals surface area contributed by atoms with Crippen LogP contribution >= 0.6 is 0 Å². The Morgan fingerprint density at radius 2 is 2.07 bits per heavy atom. The van der Waals surface area contributed by atoms with Crippen LogP contribution in [0.25, 0.3) is 0 Å². The van der Waals surface area contributed by atoms with Crippen molar-refractivity contribution in [3.63, 3.8) is 0 Å². The van der Waals surface area contributed by atoms with E-state index >= 15 is 0 Å². The first kappa shape index (κ1) is 11.5. The van der Waals surface area contributed by atoms with Gasteiger partial charge in [0.05, 0.1) is 5.56 Å². The Labute approximate surface area is 83.7 Å². The molecule has 0 amide bonds. The topological polar surface area (TPSA) is 43.1 Å². The van der Waals surface area contributed by atoms with Gasteiger partial charge in [0.1, 0.15) is 0 Å². The van der Waals surface area contributed by atoms with Gasteiger partial charge in [-0.3, -0.25) is 10.1 Å². The molecule has 0 spiro atoms. The summed E-state index contributed by atoms with van der Waals surface area (Å²) in [5, 5.41) is 9.98. The van der Waals surface area contributed by atoms with Crippen LogP contribution in [0.1, 0.15) is 11.1 Å². The van der Waals surface area contributed by atoms with Gasteiger partial charge >= 0.3 is 6.18 Å². The van der Waals surface area contributed by atoms with Gasteiger partial charge in [-0.25, -0.2) is 0 Å². The molecule has 1 rings (SSSR count). The summed E-state index contributed by atoms with van der Waals surface area (Å²) < 4.78 is 36.7. The zero-order valence-corrected chi connectivity index (χ0v) is 7.49. The van der Waals surface area contributed by atoms with Crippen molar-refractivity contribution in [2.45, 2.75) is 12.6 Å². The summed E-state index contributed by atoms with van der Waals surface area (Å²) in [4.78, 5) is 9.30. The Morgan fingerprint density at radius 3 is 2.60 bits per heavy atom. The number of benzene rings is 1. The fourth-order valence-electron chi connectivity index (χ4n) is 1.05. The predicted octanol–water partition coefficient (Wildman–Crippen LogP) is 2.69. The van der Waals surface area contributed by atoms with E-state index in [-0.39, 0.29) is 12.0 Å². The van der Waals surface area contributed by atoms with E-state index in [0.29, 0.717) is 0 Å². The minimum atomic E-state index is -4.41. The normalized spacial score (nSPS) is 11.4. The second-order valence-electron chi connectivity index (χ2n) is 2.87. The Bertz CT molecular complexity index is 363. The van der Waals surface area contributed by atoms with Crippen LogP contribution < -0.4 is 0 Å². The Hall–Kier alpha value is -1.59. The standard InChI is InChI=1S/C9H7F3NO2/c10-9(11,12)8-3-1-2-7(6-8)4-5-13(14)15/h1-3,5-6H,4H2. The lowest BCUT2D eigenvalue weighted by Gasteiger charge is -2.07. The molecule has 0 fully saturated rings. The Morgan fingerprint density at radius 1 is 1.40 bits per heavy atom. The van der Waals surface area contributed by atoms with E-state index in [1.807, 2.05) is 0 Å². The van der Waals surface area contributed by atoms with E-state index in [1.54, 1.807) is 0 Å². The van der Waals surface area contributed by atoms with Crippen LogP contribution in [-0.4, -0.2) is 4.92 Å². The van der Waals surface area contributed by atoms with Gasteiger partial charge in [-0.1, -0.05) is 18.2 Å². The van der Waals surface area contributed by atoms with E-state index < -0.39 is 16.7 Å². The summed E-state index contributed by atoms with van der Waals surface area (Å²) >= 11 is 0. The van der Waals surface area contributed by atoms with E-state index in [2.05, 4.69) is 0 Å². The fourth-order valence-corrected chi connectivity index (χ4v) is 1.05. The van der Waals surface area contributed by atoms with Gasteiger partial charge in [0.25, 0.3) is 6.54 Å². The smallest absolute Gasteiger partial charge is 0.264 e. The van der Waals surface area contributed by atoms with Gasteiger partial charge in [0.2, 0.25) is 0 Å². The monoisotopic (exact) mass is 218 g/mol. The third-order valence-corrected chi connectivity index (χ3v) is 1.73. The zero-order chi connectivity index (χ0) is 11.5. The van der Waals surface area contributed by atoms with E-state index in [4.69, 9.17) is 0 Å². The molecule has 0 heterocycles. The van der Waals surface area contributed by atoms with Crippen LogP contribution in [-0.2, 0) is 12.6 Å². The van der Waals surface area contributed by atoms with Gasteiger partial charge in [-0.2, -0.15) is 13.2 Å². The minimum Gasteiger partial charge on any atom is -0.264 e. The third-order valence-electron chi connectivity index (χ3n) is 1.73. The van der Waals surface area contributed by atoms with Crippen LogP contribution in [0.15, 0.2) is 24.3 Å². The molecule has 1 aromatic rings. The molecule has 0 saturated carbocycles. The average Bonchev–Trinajstić information content (AvgIpc) is 2.14. The maximum Gasteiger partial charge on any atom is 0.416 e. The van der Waals surface area contributed by atoms with Crippen molar-refractivity contribution in [1.29, 1.82) is 0 Å². The molecular weight excluding hydrogens is 211 g/mol. The second kappa shape index (κ2) is 4.29. The first-order valence-corrected chi connectivity index (χ1v) is 4.02. The van der Waals surface area contributed by atoms with Gasteiger partial charge in [0.15, 0.2) is 0 Å².